The predicted octanol–water partition coefficient (Wildman–Crippen LogP) is 5.26. The Morgan fingerprint density at radius 2 is 1.78 bits per heavy atom. The van der Waals surface area contributed by atoms with Gasteiger partial charge in [-0.05, 0) is 48.2 Å². The van der Waals surface area contributed by atoms with Crippen LogP contribution in [0.5, 0.6) is 5.75 Å². The number of hydrogen-bond acceptors (Lipinski definition) is 4. The lowest BCUT2D eigenvalue weighted by Gasteiger charge is -2.34. The quantitative estimate of drug-likeness (QED) is 0.563. The van der Waals surface area contributed by atoms with E-state index in [1.807, 2.05) is 24.3 Å². The van der Waals surface area contributed by atoms with E-state index in [0.717, 1.165) is 28.8 Å². The van der Waals surface area contributed by atoms with Gasteiger partial charge in [0.1, 0.15) is 11.3 Å². The first-order valence-corrected chi connectivity index (χ1v) is 9.51. The third kappa shape index (κ3) is 4.02. The number of ether oxygens (including phenoxy) is 1. The van der Waals surface area contributed by atoms with Crippen LogP contribution < -0.4 is 15.7 Å². The standard InChI is InChI=1S/C22H24ClNO3/c1-4-22(5-2,16-6-8-17(23)9-7-16)24-14-15-12-21(25)27-20-13-18(26-3)10-11-19(15)20/h6-13,24H,4-5,14H2,1-3H3. The summed E-state index contributed by atoms with van der Waals surface area (Å²) in [5.41, 5.74) is 2.07. The average molecular weight is 386 g/mol. The Morgan fingerprint density at radius 3 is 2.41 bits per heavy atom. The zero-order valence-corrected chi connectivity index (χ0v) is 16.6. The number of nitrogens with one attached hydrogen (secondary N) is 1. The topological polar surface area (TPSA) is 51.5 Å². The van der Waals surface area contributed by atoms with Gasteiger partial charge in [-0.3, -0.25) is 0 Å². The van der Waals surface area contributed by atoms with Gasteiger partial charge in [-0.25, -0.2) is 4.79 Å². The van der Waals surface area contributed by atoms with Crippen LogP contribution in [0, 0.1) is 0 Å². The Kier molecular flexibility index (Phi) is 5.88. The van der Waals surface area contributed by atoms with E-state index in [9.17, 15) is 4.79 Å². The van der Waals surface area contributed by atoms with Crippen LogP contribution in [0.25, 0.3) is 11.0 Å². The first kappa shape index (κ1) is 19.5. The first-order valence-electron chi connectivity index (χ1n) is 9.13. The van der Waals surface area contributed by atoms with Crippen molar-refractivity contribution in [3.05, 3.63) is 75.1 Å². The molecule has 1 N–H and O–H groups in total. The molecule has 0 amide bonds. The highest BCUT2D eigenvalue weighted by atomic mass is 35.5. The summed E-state index contributed by atoms with van der Waals surface area (Å²) in [6.07, 6.45) is 1.83. The van der Waals surface area contributed by atoms with Crippen LogP contribution in [0.3, 0.4) is 0 Å². The Hall–Kier alpha value is -2.30. The molecule has 0 spiro atoms. The van der Waals surface area contributed by atoms with Crippen LogP contribution in [0.1, 0.15) is 37.8 Å². The van der Waals surface area contributed by atoms with Crippen molar-refractivity contribution in [1.82, 2.24) is 5.32 Å². The van der Waals surface area contributed by atoms with Crippen LogP contribution >= 0.6 is 11.6 Å². The molecule has 5 heteroatoms. The highest BCUT2D eigenvalue weighted by Crippen LogP contribution is 2.31. The third-order valence-electron chi connectivity index (χ3n) is 5.26. The highest BCUT2D eigenvalue weighted by molar-refractivity contribution is 6.30. The zero-order valence-electron chi connectivity index (χ0n) is 15.8. The molecule has 0 radical (unpaired) electrons. The van der Waals surface area contributed by atoms with Gasteiger partial charge in [0, 0.05) is 34.6 Å². The molecule has 0 aliphatic rings. The van der Waals surface area contributed by atoms with Crippen molar-refractivity contribution >= 4 is 22.6 Å². The van der Waals surface area contributed by atoms with Gasteiger partial charge >= 0.3 is 5.63 Å². The number of methoxy groups -OCH3 is 1. The predicted molar refractivity (Wildman–Crippen MR) is 110 cm³/mol. The molecule has 0 atom stereocenters. The van der Waals surface area contributed by atoms with E-state index in [4.69, 9.17) is 20.8 Å². The Bertz CT molecular complexity index is 975. The minimum atomic E-state index is -0.363. The lowest BCUT2D eigenvalue weighted by atomic mass is 9.84. The molecule has 3 aromatic rings. The average Bonchev–Trinajstić information content (AvgIpc) is 2.69. The highest BCUT2D eigenvalue weighted by Gasteiger charge is 2.28. The zero-order chi connectivity index (χ0) is 19.4. The van der Waals surface area contributed by atoms with Crippen molar-refractivity contribution in [3.63, 3.8) is 0 Å². The lowest BCUT2D eigenvalue weighted by Crippen LogP contribution is -2.41. The van der Waals surface area contributed by atoms with Crippen molar-refractivity contribution in [1.29, 1.82) is 0 Å². The molecule has 0 unspecified atom stereocenters. The summed E-state index contributed by atoms with van der Waals surface area (Å²) in [4.78, 5) is 12.0. The summed E-state index contributed by atoms with van der Waals surface area (Å²) < 4.78 is 10.6. The fourth-order valence-corrected chi connectivity index (χ4v) is 3.65. The summed E-state index contributed by atoms with van der Waals surface area (Å²) in [5.74, 6) is 0.661. The lowest BCUT2D eigenvalue weighted by molar-refractivity contribution is 0.306. The van der Waals surface area contributed by atoms with E-state index >= 15 is 0 Å². The van der Waals surface area contributed by atoms with Gasteiger partial charge in [0.25, 0.3) is 0 Å². The van der Waals surface area contributed by atoms with Crippen LogP contribution in [0.2, 0.25) is 5.02 Å². The molecule has 0 bridgehead atoms. The van der Waals surface area contributed by atoms with E-state index in [2.05, 4.69) is 31.3 Å². The summed E-state index contributed by atoms with van der Waals surface area (Å²) >= 11 is 6.05. The second-order valence-corrected chi connectivity index (χ2v) is 7.04. The second-order valence-electron chi connectivity index (χ2n) is 6.60. The molecular formula is C22H24ClNO3. The smallest absolute Gasteiger partial charge is 0.336 e. The Morgan fingerprint density at radius 1 is 1.07 bits per heavy atom. The molecule has 2 aromatic carbocycles. The third-order valence-corrected chi connectivity index (χ3v) is 5.51. The van der Waals surface area contributed by atoms with E-state index < -0.39 is 0 Å². The maximum absolute atomic E-state index is 12.0. The number of fused-ring (bicyclic) bond motifs is 1. The number of halogens is 1. The normalized spacial score (nSPS) is 11.7. The Balaban J connectivity index is 1.96. The van der Waals surface area contributed by atoms with Crippen LogP contribution in [0.4, 0.5) is 0 Å². The van der Waals surface area contributed by atoms with Gasteiger partial charge in [-0.1, -0.05) is 37.6 Å². The fourth-order valence-electron chi connectivity index (χ4n) is 3.53. The van der Waals surface area contributed by atoms with Gasteiger partial charge in [-0.15, -0.1) is 0 Å². The molecule has 0 fully saturated rings. The first-order chi connectivity index (χ1) is 13.0. The van der Waals surface area contributed by atoms with Gasteiger partial charge in [0.15, 0.2) is 0 Å². The van der Waals surface area contributed by atoms with E-state index in [-0.39, 0.29) is 11.2 Å². The molecule has 3 rings (SSSR count). The monoisotopic (exact) mass is 385 g/mol. The summed E-state index contributed by atoms with van der Waals surface area (Å²) in [6.45, 7) is 4.87. The number of rotatable bonds is 7. The van der Waals surface area contributed by atoms with Crippen molar-refractivity contribution in [2.45, 2.75) is 38.8 Å². The van der Waals surface area contributed by atoms with Crippen molar-refractivity contribution in [2.75, 3.05) is 7.11 Å². The Labute approximate surface area is 164 Å². The minimum Gasteiger partial charge on any atom is -0.497 e. The summed E-state index contributed by atoms with van der Waals surface area (Å²) in [7, 11) is 1.59. The largest absolute Gasteiger partial charge is 0.497 e. The van der Waals surface area contributed by atoms with Crippen molar-refractivity contribution in [2.24, 2.45) is 0 Å². The molecule has 0 saturated heterocycles. The van der Waals surface area contributed by atoms with E-state index in [1.165, 1.54) is 5.56 Å². The number of hydrogen-bond donors (Lipinski definition) is 1. The van der Waals surface area contributed by atoms with Gasteiger partial charge in [0.2, 0.25) is 0 Å². The van der Waals surface area contributed by atoms with Crippen molar-refractivity contribution < 1.29 is 9.15 Å². The molecule has 4 nitrogen and oxygen atoms in total. The van der Waals surface area contributed by atoms with Crippen molar-refractivity contribution in [3.8, 4) is 5.75 Å². The molecule has 27 heavy (non-hydrogen) atoms. The molecule has 1 heterocycles. The van der Waals surface area contributed by atoms with Gasteiger partial charge in [-0.2, -0.15) is 0 Å². The maximum atomic E-state index is 12.0. The maximum Gasteiger partial charge on any atom is 0.336 e. The molecule has 0 aliphatic carbocycles. The van der Waals surface area contributed by atoms with E-state index in [0.29, 0.717) is 17.9 Å². The molecular weight excluding hydrogens is 362 g/mol. The SMILES string of the molecule is CCC(CC)(NCc1cc(=O)oc2cc(OC)ccc12)c1ccc(Cl)cc1. The van der Waals surface area contributed by atoms with E-state index in [1.54, 1.807) is 19.2 Å². The second kappa shape index (κ2) is 8.15. The molecule has 0 saturated carbocycles. The molecule has 142 valence electrons. The summed E-state index contributed by atoms with van der Waals surface area (Å²) in [6, 6.07) is 15.0. The molecule has 0 aliphatic heterocycles. The minimum absolute atomic E-state index is 0.195. The van der Waals surface area contributed by atoms with Crippen LogP contribution in [0.15, 0.2) is 57.7 Å². The van der Waals surface area contributed by atoms with Gasteiger partial charge < -0.3 is 14.5 Å². The summed E-state index contributed by atoms with van der Waals surface area (Å²) in [5, 5.41) is 5.30. The molecule has 1 aromatic heterocycles. The van der Waals surface area contributed by atoms with Crippen LogP contribution in [-0.4, -0.2) is 7.11 Å². The van der Waals surface area contributed by atoms with Gasteiger partial charge in [0.05, 0.1) is 7.11 Å². The van der Waals surface area contributed by atoms with Crippen LogP contribution in [-0.2, 0) is 12.1 Å². The fraction of sp³-hybridized carbons (Fsp3) is 0.318. The number of benzene rings is 2.